The zero-order valence-electron chi connectivity index (χ0n) is 6.40. The van der Waals surface area contributed by atoms with Gasteiger partial charge in [0.25, 0.3) is 0 Å². The number of hydrogen-bond donors (Lipinski definition) is 1. The van der Waals surface area contributed by atoms with Crippen LogP contribution in [-0.4, -0.2) is 16.7 Å². The van der Waals surface area contributed by atoms with E-state index in [0.717, 1.165) is 0 Å². The van der Waals surface area contributed by atoms with Gasteiger partial charge in [-0.25, -0.2) is 0 Å². The molecule has 0 aliphatic carbocycles. The van der Waals surface area contributed by atoms with Gasteiger partial charge >= 0.3 is 0 Å². The van der Waals surface area contributed by atoms with Crippen molar-refractivity contribution in [1.29, 1.82) is 5.26 Å². The maximum Gasteiger partial charge on any atom is 0.174 e. The lowest BCUT2D eigenvalue weighted by Gasteiger charge is -2.00. The van der Waals surface area contributed by atoms with Crippen LogP contribution in [0, 0.1) is 11.3 Å². The Kier molecular flexibility index (Phi) is 3.05. The van der Waals surface area contributed by atoms with Crippen molar-refractivity contribution in [3.63, 3.8) is 0 Å². The first-order valence-corrected chi connectivity index (χ1v) is 3.42. The van der Waals surface area contributed by atoms with E-state index in [1.54, 1.807) is 12.1 Å². The third-order valence-corrected chi connectivity index (χ3v) is 1.26. The van der Waals surface area contributed by atoms with E-state index in [-0.39, 0.29) is 13.2 Å². The molecule has 1 aromatic rings. The Hall–Kier alpha value is -1.60. The van der Waals surface area contributed by atoms with Crippen molar-refractivity contribution in [1.82, 2.24) is 4.98 Å². The Morgan fingerprint density at radius 3 is 2.92 bits per heavy atom. The highest BCUT2D eigenvalue weighted by atomic mass is 16.5. The van der Waals surface area contributed by atoms with Crippen molar-refractivity contribution in [2.45, 2.75) is 6.61 Å². The van der Waals surface area contributed by atoms with Crippen LogP contribution >= 0.6 is 0 Å². The molecule has 4 heteroatoms. The Morgan fingerprint density at radius 2 is 2.42 bits per heavy atom. The molecule has 1 aromatic heterocycles. The van der Waals surface area contributed by atoms with Crippen molar-refractivity contribution in [2.24, 2.45) is 0 Å². The number of aliphatic hydroxyl groups excluding tert-OH is 1. The van der Waals surface area contributed by atoms with Crippen molar-refractivity contribution in [3.05, 3.63) is 24.0 Å². The van der Waals surface area contributed by atoms with Gasteiger partial charge in [-0.15, -0.1) is 0 Å². The molecule has 0 aromatic carbocycles. The summed E-state index contributed by atoms with van der Waals surface area (Å²) in [6.07, 6.45) is 1.48. The number of aromatic nitrogens is 1. The molecule has 1 N–H and O–H groups in total. The van der Waals surface area contributed by atoms with Gasteiger partial charge in [0.1, 0.15) is 11.8 Å². The summed E-state index contributed by atoms with van der Waals surface area (Å²) >= 11 is 0. The van der Waals surface area contributed by atoms with E-state index in [1.807, 2.05) is 6.07 Å². The summed E-state index contributed by atoms with van der Waals surface area (Å²) in [5, 5.41) is 16.8. The van der Waals surface area contributed by atoms with Gasteiger partial charge in [-0.2, -0.15) is 5.26 Å². The summed E-state index contributed by atoms with van der Waals surface area (Å²) in [5.41, 5.74) is 0.583. The van der Waals surface area contributed by atoms with Gasteiger partial charge in [-0.05, 0) is 12.1 Å². The highest BCUT2D eigenvalue weighted by molar-refractivity contribution is 5.19. The van der Waals surface area contributed by atoms with Crippen LogP contribution in [0.5, 0.6) is 5.75 Å². The van der Waals surface area contributed by atoms with Crippen LogP contribution in [0.1, 0.15) is 5.69 Å². The van der Waals surface area contributed by atoms with Gasteiger partial charge in [0.15, 0.2) is 6.61 Å². The standard InChI is InChI=1S/C8H8N2O2/c9-3-4-12-8-2-1-7(6-11)10-5-8/h1-2,5,11H,4,6H2. The molecule has 0 spiro atoms. The number of ether oxygens (including phenoxy) is 1. The van der Waals surface area contributed by atoms with E-state index in [0.29, 0.717) is 11.4 Å². The third-order valence-electron chi connectivity index (χ3n) is 1.26. The normalized spacial score (nSPS) is 9.00. The zero-order valence-corrected chi connectivity index (χ0v) is 6.40. The van der Waals surface area contributed by atoms with Crippen LogP contribution in [0.3, 0.4) is 0 Å². The second kappa shape index (κ2) is 4.31. The second-order valence-electron chi connectivity index (χ2n) is 2.09. The van der Waals surface area contributed by atoms with E-state index in [9.17, 15) is 0 Å². The molecule has 0 aliphatic heterocycles. The fraction of sp³-hybridized carbons (Fsp3) is 0.250. The predicted octanol–water partition coefficient (Wildman–Crippen LogP) is 0.476. The quantitative estimate of drug-likeness (QED) is 0.705. The molecular formula is C8H8N2O2. The van der Waals surface area contributed by atoms with Crippen molar-refractivity contribution >= 4 is 0 Å². The molecule has 0 atom stereocenters. The Balaban J connectivity index is 2.60. The lowest BCUT2D eigenvalue weighted by Crippen LogP contribution is -1.95. The number of nitrogens with zero attached hydrogens (tertiary/aromatic N) is 2. The average Bonchev–Trinajstić information content (AvgIpc) is 2.15. The lowest BCUT2D eigenvalue weighted by atomic mass is 10.3. The summed E-state index contributed by atoms with van der Waals surface area (Å²) in [7, 11) is 0. The second-order valence-corrected chi connectivity index (χ2v) is 2.09. The van der Waals surface area contributed by atoms with Gasteiger partial charge in [-0.3, -0.25) is 4.98 Å². The Bertz CT molecular complexity index is 276. The molecule has 0 fully saturated rings. The van der Waals surface area contributed by atoms with Crippen LogP contribution in [0.25, 0.3) is 0 Å². The molecule has 62 valence electrons. The first-order valence-electron chi connectivity index (χ1n) is 3.42. The van der Waals surface area contributed by atoms with Crippen LogP contribution in [0.2, 0.25) is 0 Å². The highest BCUT2D eigenvalue weighted by Crippen LogP contribution is 2.08. The minimum absolute atomic E-state index is 0.0140. The summed E-state index contributed by atoms with van der Waals surface area (Å²) in [6.45, 7) is -0.0708. The first kappa shape index (κ1) is 8.50. The van der Waals surface area contributed by atoms with Crippen molar-refractivity contribution in [2.75, 3.05) is 6.61 Å². The maximum atomic E-state index is 8.65. The average molecular weight is 164 g/mol. The molecule has 0 radical (unpaired) electrons. The van der Waals surface area contributed by atoms with Gasteiger partial charge in [-0.1, -0.05) is 0 Å². The zero-order chi connectivity index (χ0) is 8.81. The van der Waals surface area contributed by atoms with E-state index in [2.05, 4.69) is 4.98 Å². The fourth-order valence-electron chi connectivity index (χ4n) is 0.705. The van der Waals surface area contributed by atoms with E-state index >= 15 is 0 Å². The molecule has 0 amide bonds. The van der Waals surface area contributed by atoms with Crippen LogP contribution in [-0.2, 0) is 6.61 Å². The molecule has 0 saturated heterocycles. The SMILES string of the molecule is N#CCOc1ccc(CO)nc1. The third kappa shape index (κ3) is 2.22. The van der Waals surface area contributed by atoms with Crippen molar-refractivity contribution < 1.29 is 9.84 Å². The minimum atomic E-state index is -0.0848. The van der Waals surface area contributed by atoms with Crippen LogP contribution in [0.15, 0.2) is 18.3 Å². The largest absolute Gasteiger partial charge is 0.477 e. The molecule has 1 heterocycles. The molecule has 4 nitrogen and oxygen atoms in total. The van der Waals surface area contributed by atoms with Crippen molar-refractivity contribution in [3.8, 4) is 11.8 Å². The number of aliphatic hydroxyl groups is 1. The van der Waals surface area contributed by atoms with E-state index in [4.69, 9.17) is 15.1 Å². The number of hydrogen-bond acceptors (Lipinski definition) is 4. The minimum Gasteiger partial charge on any atom is -0.477 e. The molecule has 1 rings (SSSR count). The predicted molar refractivity (Wildman–Crippen MR) is 41.3 cm³/mol. The number of rotatable bonds is 3. The van der Waals surface area contributed by atoms with Crippen LogP contribution < -0.4 is 4.74 Å². The summed E-state index contributed by atoms with van der Waals surface area (Å²) in [4.78, 5) is 3.87. The Morgan fingerprint density at radius 1 is 1.58 bits per heavy atom. The van der Waals surface area contributed by atoms with Gasteiger partial charge in [0.05, 0.1) is 18.5 Å². The fourth-order valence-corrected chi connectivity index (χ4v) is 0.705. The highest BCUT2D eigenvalue weighted by Gasteiger charge is 1.94. The summed E-state index contributed by atoms with van der Waals surface area (Å²) in [6, 6.07) is 5.15. The van der Waals surface area contributed by atoms with E-state index < -0.39 is 0 Å². The Labute approximate surface area is 70.0 Å². The van der Waals surface area contributed by atoms with Gasteiger partial charge < -0.3 is 9.84 Å². The molecular weight excluding hydrogens is 156 g/mol. The van der Waals surface area contributed by atoms with E-state index in [1.165, 1.54) is 6.20 Å². The number of nitriles is 1. The molecule has 0 bridgehead atoms. The summed E-state index contributed by atoms with van der Waals surface area (Å²) < 4.78 is 4.95. The first-order chi connectivity index (χ1) is 5.86. The lowest BCUT2D eigenvalue weighted by molar-refractivity contribution is 0.276. The monoisotopic (exact) mass is 164 g/mol. The smallest absolute Gasteiger partial charge is 0.174 e. The molecule has 0 saturated carbocycles. The molecule has 0 unspecified atom stereocenters. The number of pyridine rings is 1. The van der Waals surface area contributed by atoms with Crippen LogP contribution in [0.4, 0.5) is 0 Å². The topological polar surface area (TPSA) is 66.1 Å². The maximum absolute atomic E-state index is 8.65. The molecule has 0 aliphatic rings. The summed E-state index contributed by atoms with van der Waals surface area (Å²) in [5.74, 6) is 0.536. The van der Waals surface area contributed by atoms with Gasteiger partial charge in [0.2, 0.25) is 0 Å². The van der Waals surface area contributed by atoms with Gasteiger partial charge in [0, 0.05) is 0 Å². The molecule has 12 heavy (non-hydrogen) atoms.